The molecule has 2 N–H and O–H groups in total. The molecule has 0 saturated heterocycles. The van der Waals surface area contributed by atoms with Gasteiger partial charge >= 0.3 is 0 Å². The summed E-state index contributed by atoms with van der Waals surface area (Å²) in [5.41, 5.74) is 6.97. The van der Waals surface area contributed by atoms with Gasteiger partial charge in [-0.25, -0.2) is 4.98 Å². The van der Waals surface area contributed by atoms with Crippen LogP contribution in [0.2, 0.25) is 5.02 Å². The van der Waals surface area contributed by atoms with E-state index in [9.17, 15) is 0 Å². The Labute approximate surface area is 104 Å². The lowest BCUT2D eigenvalue weighted by Crippen LogP contribution is -2.01. The highest BCUT2D eigenvalue weighted by Gasteiger charge is 2.06. The number of benzene rings is 1. The molecular formula is C12H13ClN2S. The lowest BCUT2D eigenvalue weighted by molar-refractivity contribution is 0.835. The van der Waals surface area contributed by atoms with Crippen LogP contribution in [0.25, 0.3) is 0 Å². The number of rotatable bonds is 3. The van der Waals surface area contributed by atoms with E-state index in [4.69, 9.17) is 17.3 Å². The average Bonchev–Trinajstić information content (AvgIpc) is 2.66. The quantitative estimate of drug-likeness (QED) is 0.909. The first-order valence-corrected chi connectivity index (χ1v) is 6.29. The van der Waals surface area contributed by atoms with E-state index in [1.165, 1.54) is 5.56 Å². The molecule has 0 fully saturated rings. The highest BCUT2D eigenvalue weighted by molar-refractivity contribution is 7.11. The van der Waals surface area contributed by atoms with E-state index in [2.05, 4.69) is 11.1 Å². The summed E-state index contributed by atoms with van der Waals surface area (Å²) in [4.78, 5) is 5.48. The number of aromatic nitrogens is 1. The maximum absolute atomic E-state index is 5.93. The highest BCUT2D eigenvalue weighted by Crippen LogP contribution is 2.22. The lowest BCUT2D eigenvalue weighted by Gasteiger charge is -1.99. The zero-order valence-electron chi connectivity index (χ0n) is 8.98. The van der Waals surface area contributed by atoms with E-state index in [0.717, 1.165) is 21.3 Å². The van der Waals surface area contributed by atoms with Crippen molar-refractivity contribution < 1.29 is 0 Å². The van der Waals surface area contributed by atoms with Crippen molar-refractivity contribution in [3.63, 3.8) is 0 Å². The van der Waals surface area contributed by atoms with Gasteiger partial charge in [0.15, 0.2) is 0 Å². The molecule has 0 amide bonds. The molecule has 1 unspecified atom stereocenters. The SMILES string of the molecule is CC(N)c1cnc(Cc2cccc(Cl)c2)s1. The third-order valence-corrected chi connectivity index (χ3v) is 3.70. The van der Waals surface area contributed by atoms with Crippen LogP contribution in [0.3, 0.4) is 0 Å². The first-order valence-electron chi connectivity index (χ1n) is 5.10. The number of nitrogens with two attached hydrogens (primary N) is 1. The van der Waals surface area contributed by atoms with Crippen molar-refractivity contribution in [3.05, 3.63) is 50.9 Å². The molecule has 1 atom stereocenters. The second kappa shape index (κ2) is 4.95. The molecule has 1 aromatic carbocycles. The maximum Gasteiger partial charge on any atom is 0.0972 e. The lowest BCUT2D eigenvalue weighted by atomic mass is 10.2. The Balaban J connectivity index is 2.14. The molecule has 2 rings (SSSR count). The van der Waals surface area contributed by atoms with Gasteiger partial charge in [0.1, 0.15) is 0 Å². The van der Waals surface area contributed by atoms with Crippen LogP contribution in [0.5, 0.6) is 0 Å². The average molecular weight is 253 g/mol. The Hall–Kier alpha value is -0.900. The van der Waals surface area contributed by atoms with Gasteiger partial charge in [0, 0.05) is 28.6 Å². The van der Waals surface area contributed by atoms with E-state index >= 15 is 0 Å². The molecular weight excluding hydrogens is 240 g/mol. The Kier molecular flexibility index (Phi) is 3.59. The largest absolute Gasteiger partial charge is 0.323 e. The topological polar surface area (TPSA) is 38.9 Å². The van der Waals surface area contributed by atoms with Gasteiger partial charge in [-0.15, -0.1) is 11.3 Å². The summed E-state index contributed by atoms with van der Waals surface area (Å²) >= 11 is 7.59. The zero-order valence-corrected chi connectivity index (χ0v) is 10.6. The van der Waals surface area contributed by atoms with Crippen LogP contribution >= 0.6 is 22.9 Å². The summed E-state index contributed by atoms with van der Waals surface area (Å²) in [6, 6.07) is 7.91. The van der Waals surface area contributed by atoms with E-state index in [1.807, 2.05) is 31.3 Å². The van der Waals surface area contributed by atoms with E-state index in [1.54, 1.807) is 11.3 Å². The van der Waals surface area contributed by atoms with Crippen molar-refractivity contribution in [1.29, 1.82) is 0 Å². The van der Waals surface area contributed by atoms with E-state index in [-0.39, 0.29) is 6.04 Å². The molecule has 0 bridgehead atoms. The number of hydrogen-bond donors (Lipinski definition) is 1. The minimum Gasteiger partial charge on any atom is -0.323 e. The Morgan fingerprint density at radius 2 is 2.31 bits per heavy atom. The molecule has 2 aromatic rings. The molecule has 0 aliphatic carbocycles. The van der Waals surface area contributed by atoms with Crippen molar-refractivity contribution in [2.24, 2.45) is 5.73 Å². The number of nitrogens with zero attached hydrogens (tertiary/aromatic N) is 1. The predicted octanol–water partition coefficient (Wildman–Crippen LogP) is 3.41. The molecule has 0 radical (unpaired) electrons. The standard InChI is InChI=1S/C12H13ClN2S/c1-8(14)11-7-15-12(16-11)6-9-3-2-4-10(13)5-9/h2-5,7-8H,6,14H2,1H3. The third-order valence-electron chi connectivity index (χ3n) is 2.26. The van der Waals surface area contributed by atoms with Gasteiger partial charge in [-0.1, -0.05) is 23.7 Å². The van der Waals surface area contributed by atoms with Crippen LogP contribution in [-0.4, -0.2) is 4.98 Å². The summed E-state index contributed by atoms with van der Waals surface area (Å²) in [7, 11) is 0. The van der Waals surface area contributed by atoms with Crippen molar-refractivity contribution in [2.75, 3.05) is 0 Å². The molecule has 0 aliphatic rings. The number of halogens is 1. The van der Waals surface area contributed by atoms with Gasteiger partial charge in [0.2, 0.25) is 0 Å². The fraction of sp³-hybridized carbons (Fsp3) is 0.250. The summed E-state index contributed by atoms with van der Waals surface area (Å²) in [6.07, 6.45) is 2.67. The van der Waals surface area contributed by atoms with E-state index < -0.39 is 0 Å². The Morgan fingerprint density at radius 3 is 2.94 bits per heavy atom. The summed E-state index contributed by atoms with van der Waals surface area (Å²) in [6.45, 7) is 1.97. The normalized spacial score (nSPS) is 12.7. The molecule has 0 saturated carbocycles. The molecule has 16 heavy (non-hydrogen) atoms. The van der Waals surface area contributed by atoms with Crippen molar-refractivity contribution in [3.8, 4) is 0 Å². The third kappa shape index (κ3) is 2.82. The second-order valence-corrected chi connectivity index (χ2v) is 5.33. The first-order chi connectivity index (χ1) is 7.65. The monoisotopic (exact) mass is 252 g/mol. The fourth-order valence-electron chi connectivity index (χ4n) is 1.44. The Morgan fingerprint density at radius 1 is 1.50 bits per heavy atom. The van der Waals surface area contributed by atoms with Crippen LogP contribution in [0.15, 0.2) is 30.5 Å². The predicted molar refractivity (Wildman–Crippen MR) is 69.0 cm³/mol. The van der Waals surface area contributed by atoms with Crippen LogP contribution in [0.1, 0.15) is 28.4 Å². The summed E-state index contributed by atoms with van der Waals surface area (Å²) in [5.74, 6) is 0. The number of thiazole rings is 1. The molecule has 0 spiro atoms. The van der Waals surface area contributed by atoms with Crippen LogP contribution in [0.4, 0.5) is 0 Å². The fourth-order valence-corrected chi connectivity index (χ4v) is 2.56. The minimum atomic E-state index is 0.0608. The summed E-state index contributed by atoms with van der Waals surface area (Å²) < 4.78 is 0. The van der Waals surface area contributed by atoms with Gasteiger partial charge < -0.3 is 5.73 Å². The van der Waals surface area contributed by atoms with Crippen molar-refractivity contribution >= 4 is 22.9 Å². The Bertz CT molecular complexity index is 479. The maximum atomic E-state index is 5.93. The second-order valence-electron chi connectivity index (χ2n) is 3.75. The molecule has 84 valence electrons. The zero-order chi connectivity index (χ0) is 11.5. The first kappa shape index (κ1) is 11.6. The van der Waals surface area contributed by atoms with Gasteiger partial charge in [-0.3, -0.25) is 0 Å². The highest BCUT2D eigenvalue weighted by atomic mass is 35.5. The van der Waals surface area contributed by atoms with Crippen LogP contribution < -0.4 is 5.73 Å². The van der Waals surface area contributed by atoms with Crippen molar-refractivity contribution in [1.82, 2.24) is 4.98 Å². The smallest absolute Gasteiger partial charge is 0.0972 e. The molecule has 1 heterocycles. The molecule has 0 aliphatic heterocycles. The van der Waals surface area contributed by atoms with Crippen LogP contribution in [0, 0.1) is 0 Å². The van der Waals surface area contributed by atoms with E-state index in [0.29, 0.717) is 0 Å². The van der Waals surface area contributed by atoms with Crippen LogP contribution in [-0.2, 0) is 6.42 Å². The van der Waals surface area contributed by atoms with Gasteiger partial charge in [-0.05, 0) is 24.6 Å². The van der Waals surface area contributed by atoms with Gasteiger partial charge in [0.05, 0.1) is 5.01 Å². The minimum absolute atomic E-state index is 0.0608. The molecule has 1 aromatic heterocycles. The molecule has 4 heteroatoms. The van der Waals surface area contributed by atoms with Gasteiger partial charge in [0.25, 0.3) is 0 Å². The van der Waals surface area contributed by atoms with Crippen molar-refractivity contribution in [2.45, 2.75) is 19.4 Å². The van der Waals surface area contributed by atoms with Gasteiger partial charge in [-0.2, -0.15) is 0 Å². The number of hydrogen-bond acceptors (Lipinski definition) is 3. The molecule has 2 nitrogen and oxygen atoms in total. The summed E-state index contributed by atoms with van der Waals surface area (Å²) in [5, 5.41) is 1.84.